The number of hydrogen-bond donors (Lipinski definition) is 1. The van der Waals surface area contributed by atoms with Crippen LogP contribution in [-0.2, 0) is 6.42 Å². The van der Waals surface area contributed by atoms with E-state index in [0.29, 0.717) is 59.7 Å². The number of aromatic nitrogens is 1. The number of nitrogens with zero attached hydrogens (tertiary/aromatic N) is 1. The zero-order valence-corrected chi connectivity index (χ0v) is 13.7. The van der Waals surface area contributed by atoms with Crippen LogP contribution >= 0.6 is 11.6 Å². The van der Waals surface area contributed by atoms with Gasteiger partial charge >= 0.3 is 0 Å². The largest absolute Gasteiger partial charge is 0.486 e. The molecule has 3 rings (SSSR count). The lowest BCUT2D eigenvalue weighted by atomic mass is 10.1. The van der Waals surface area contributed by atoms with Crippen molar-refractivity contribution in [3.8, 4) is 11.5 Å². The van der Waals surface area contributed by atoms with E-state index in [1.807, 2.05) is 12.1 Å². The summed E-state index contributed by atoms with van der Waals surface area (Å²) in [5.41, 5.74) is 2.05. The molecule has 1 N–H and O–H groups in total. The van der Waals surface area contributed by atoms with Gasteiger partial charge in [0.2, 0.25) is 0 Å². The van der Waals surface area contributed by atoms with Gasteiger partial charge in [0.05, 0.1) is 10.7 Å². The lowest BCUT2D eigenvalue weighted by Crippen LogP contribution is -2.26. The summed E-state index contributed by atoms with van der Waals surface area (Å²) in [5, 5.41) is 7.16. The molecular formula is C16H17ClN2O4. The summed E-state index contributed by atoms with van der Waals surface area (Å²) >= 11 is 6.20. The van der Waals surface area contributed by atoms with Crippen LogP contribution in [-0.4, -0.2) is 30.8 Å². The van der Waals surface area contributed by atoms with Gasteiger partial charge in [-0.15, -0.1) is 0 Å². The van der Waals surface area contributed by atoms with Crippen LogP contribution in [0.25, 0.3) is 0 Å². The Morgan fingerprint density at radius 1 is 1.30 bits per heavy atom. The molecule has 0 saturated carbocycles. The monoisotopic (exact) mass is 336 g/mol. The van der Waals surface area contributed by atoms with Crippen molar-refractivity contribution in [2.24, 2.45) is 0 Å². The summed E-state index contributed by atoms with van der Waals surface area (Å²) in [6.45, 7) is 4.94. The number of carbonyl (C=O) groups excluding carboxylic acids is 1. The minimum absolute atomic E-state index is 0.190. The number of rotatable bonds is 4. The van der Waals surface area contributed by atoms with Crippen LogP contribution in [0, 0.1) is 13.8 Å². The van der Waals surface area contributed by atoms with Gasteiger partial charge < -0.3 is 19.3 Å². The highest BCUT2D eigenvalue weighted by Crippen LogP contribution is 2.38. The Labute approximate surface area is 138 Å². The van der Waals surface area contributed by atoms with E-state index in [2.05, 4.69) is 10.5 Å². The van der Waals surface area contributed by atoms with Crippen molar-refractivity contribution >= 4 is 17.5 Å². The summed E-state index contributed by atoms with van der Waals surface area (Å²) in [7, 11) is 0. The van der Waals surface area contributed by atoms with E-state index >= 15 is 0 Å². The maximum Gasteiger partial charge on any atom is 0.256 e. The number of aryl methyl sites for hydroxylation is 2. The Morgan fingerprint density at radius 2 is 2.09 bits per heavy atom. The minimum atomic E-state index is -0.190. The van der Waals surface area contributed by atoms with Gasteiger partial charge in [-0.25, -0.2) is 0 Å². The maximum absolute atomic E-state index is 12.2. The molecule has 7 heteroatoms. The molecule has 23 heavy (non-hydrogen) atoms. The molecule has 1 aromatic heterocycles. The average molecular weight is 337 g/mol. The van der Waals surface area contributed by atoms with Crippen LogP contribution in [0.1, 0.15) is 27.4 Å². The predicted octanol–water partition coefficient (Wildman–Crippen LogP) is 2.69. The molecule has 6 nitrogen and oxygen atoms in total. The quantitative estimate of drug-likeness (QED) is 0.929. The van der Waals surface area contributed by atoms with Crippen molar-refractivity contribution < 1.29 is 18.8 Å². The van der Waals surface area contributed by atoms with Gasteiger partial charge in [0.15, 0.2) is 11.5 Å². The number of carbonyl (C=O) groups is 1. The predicted molar refractivity (Wildman–Crippen MR) is 84.5 cm³/mol. The summed E-state index contributed by atoms with van der Waals surface area (Å²) in [6.07, 6.45) is 0.630. The lowest BCUT2D eigenvalue weighted by molar-refractivity contribution is 0.0952. The SMILES string of the molecule is Cc1noc(C)c1C(=O)NCCc1cc(Cl)c2c(c1)OCCO2. The molecule has 0 saturated heterocycles. The summed E-state index contributed by atoms with van der Waals surface area (Å²) in [4.78, 5) is 12.2. The molecular weight excluding hydrogens is 320 g/mol. The van der Waals surface area contributed by atoms with Crippen LogP contribution in [0.4, 0.5) is 0 Å². The highest BCUT2D eigenvalue weighted by molar-refractivity contribution is 6.32. The topological polar surface area (TPSA) is 73.6 Å². The molecule has 0 atom stereocenters. The van der Waals surface area contributed by atoms with E-state index in [4.69, 9.17) is 25.6 Å². The molecule has 1 aromatic carbocycles. The Morgan fingerprint density at radius 3 is 2.83 bits per heavy atom. The fourth-order valence-electron chi connectivity index (χ4n) is 2.52. The lowest BCUT2D eigenvalue weighted by Gasteiger charge is -2.20. The molecule has 2 heterocycles. The molecule has 0 aliphatic carbocycles. The number of hydrogen-bond acceptors (Lipinski definition) is 5. The number of halogens is 1. The Balaban J connectivity index is 1.63. The van der Waals surface area contributed by atoms with Crippen LogP contribution in [0.15, 0.2) is 16.7 Å². The first kappa shape index (κ1) is 15.7. The van der Waals surface area contributed by atoms with Crippen molar-refractivity contribution in [2.75, 3.05) is 19.8 Å². The highest BCUT2D eigenvalue weighted by Gasteiger charge is 2.18. The summed E-state index contributed by atoms with van der Waals surface area (Å²) in [6, 6.07) is 3.72. The van der Waals surface area contributed by atoms with Gasteiger partial charge in [0, 0.05) is 6.54 Å². The first-order chi connectivity index (χ1) is 11.1. The van der Waals surface area contributed by atoms with E-state index in [0.717, 1.165) is 5.56 Å². The number of benzene rings is 1. The number of amides is 1. The molecule has 0 fully saturated rings. The number of fused-ring (bicyclic) bond motifs is 1. The van der Waals surface area contributed by atoms with Crippen LogP contribution in [0.3, 0.4) is 0 Å². The second-order valence-corrected chi connectivity index (χ2v) is 5.71. The van der Waals surface area contributed by atoms with E-state index in [-0.39, 0.29) is 5.91 Å². The van der Waals surface area contributed by atoms with Gasteiger partial charge in [-0.05, 0) is 38.0 Å². The number of ether oxygens (including phenoxy) is 2. The Hall–Kier alpha value is -2.21. The van der Waals surface area contributed by atoms with Crippen LogP contribution in [0.2, 0.25) is 5.02 Å². The zero-order valence-electron chi connectivity index (χ0n) is 12.9. The van der Waals surface area contributed by atoms with E-state index in [1.165, 1.54) is 0 Å². The maximum atomic E-state index is 12.2. The molecule has 0 spiro atoms. The molecule has 2 aromatic rings. The van der Waals surface area contributed by atoms with Gasteiger partial charge in [-0.1, -0.05) is 16.8 Å². The van der Waals surface area contributed by atoms with Crippen molar-refractivity contribution in [1.82, 2.24) is 10.5 Å². The molecule has 0 unspecified atom stereocenters. The normalized spacial score (nSPS) is 13.0. The van der Waals surface area contributed by atoms with Gasteiger partial charge in [0.25, 0.3) is 5.91 Å². The molecule has 1 aliphatic heterocycles. The zero-order chi connectivity index (χ0) is 16.4. The Bertz CT molecular complexity index is 722. The second-order valence-electron chi connectivity index (χ2n) is 5.31. The third-order valence-corrected chi connectivity index (χ3v) is 3.90. The van der Waals surface area contributed by atoms with Crippen molar-refractivity contribution in [1.29, 1.82) is 0 Å². The molecule has 1 amide bonds. The molecule has 0 bridgehead atoms. The first-order valence-electron chi connectivity index (χ1n) is 7.35. The number of nitrogens with one attached hydrogen (secondary N) is 1. The van der Waals surface area contributed by atoms with Crippen LogP contribution in [0.5, 0.6) is 11.5 Å². The molecule has 122 valence electrons. The van der Waals surface area contributed by atoms with Gasteiger partial charge in [-0.2, -0.15) is 0 Å². The van der Waals surface area contributed by atoms with E-state index < -0.39 is 0 Å². The standard InChI is InChI=1S/C16H17ClN2O4/c1-9-14(10(2)23-19-9)16(20)18-4-3-11-7-12(17)15-13(8-11)21-5-6-22-15/h7-8H,3-6H2,1-2H3,(H,18,20). The summed E-state index contributed by atoms with van der Waals surface area (Å²) in [5.74, 6) is 1.56. The first-order valence-corrected chi connectivity index (χ1v) is 7.73. The third-order valence-electron chi connectivity index (χ3n) is 3.62. The fourth-order valence-corrected chi connectivity index (χ4v) is 2.81. The van der Waals surface area contributed by atoms with Gasteiger partial charge in [-0.3, -0.25) is 4.79 Å². The average Bonchev–Trinajstić information content (AvgIpc) is 2.86. The minimum Gasteiger partial charge on any atom is -0.486 e. The highest BCUT2D eigenvalue weighted by atomic mass is 35.5. The van der Waals surface area contributed by atoms with E-state index in [1.54, 1.807) is 13.8 Å². The van der Waals surface area contributed by atoms with Crippen molar-refractivity contribution in [3.63, 3.8) is 0 Å². The van der Waals surface area contributed by atoms with Crippen molar-refractivity contribution in [3.05, 3.63) is 39.7 Å². The molecule has 0 radical (unpaired) electrons. The smallest absolute Gasteiger partial charge is 0.256 e. The Kier molecular flexibility index (Phi) is 4.43. The summed E-state index contributed by atoms with van der Waals surface area (Å²) < 4.78 is 16.0. The third kappa shape index (κ3) is 3.27. The second kappa shape index (κ2) is 6.50. The fraction of sp³-hybridized carbons (Fsp3) is 0.375. The molecule has 1 aliphatic rings. The van der Waals surface area contributed by atoms with E-state index in [9.17, 15) is 4.79 Å². The van der Waals surface area contributed by atoms with Crippen molar-refractivity contribution in [2.45, 2.75) is 20.3 Å². The van der Waals surface area contributed by atoms with Crippen LogP contribution < -0.4 is 14.8 Å². The van der Waals surface area contributed by atoms with Gasteiger partial charge in [0.1, 0.15) is 24.5 Å².